The van der Waals surface area contributed by atoms with Crippen LogP contribution < -0.4 is 15.0 Å². The molecule has 37 heavy (non-hydrogen) atoms. The number of anilines is 1. The highest BCUT2D eigenvalue weighted by Gasteiger charge is 2.38. The number of alkyl carbamates (subject to hydrolysis) is 1. The minimum absolute atomic E-state index is 0.0274. The van der Waals surface area contributed by atoms with Crippen molar-refractivity contribution in [3.05, 3.63) is 58.1 Å². The Labute approximate surface area is 207 Å². The molecule has 0 unspecified atom stereocenters. The summed E-state index contributed by atoms with van der Waals surface area (Å²) in [7, 11) is 0. The Morgan fingerprint density at radius 3 is 2.32 bits per heavy atom. The lowest BCUT2D eigenvalue weighted by atomic mass is 9.90. The van der Waals surface area contributed by atoms with Gasteiger partial charge in [0.15, 0.2) is 0 Å². The Bertz CT molecular complexity index is 1180. The zero-order chi connectivity index (χ0) is 27.1. The SMILES string of the molecule is C[C@@H]1C[C@H](NC(=O)OCCc2cc(C(F)(F)F)cc(C(F)(F)F)c2)c2cc3c(cc2N1C(=O)O)CCO3. The summed E-state index contributed by atoms with van der Waals surface area (Å²) < 4.78 is 88.9. The van der Waals surface area contributed by atoms with Crippen molar-refractivity contribution < 1.29 is 50.5 Å². The van der Waals surface area contributed by atoms with Crippen LogP contribution in [-0.2, 0) is 29.9 Å². The van der Waals surface area contributed by atoms with Crippen molar-refractivity contribution in [1.82, 2.24) is 5.32 Å². The van der Waals surface area contributed by atoms with Gasteiger partial charge in [0.2, 0.25) is 0 Å². The molecule has 4 rings (SSSR count). The van der Waals surface area contributed by atoms with Gasteiger partial charge >= 0.3 is 24.5 Å². The van der Waals surface area contributed by atoms with Gasteiger partial charge in [0.05, 0.1) is 36.1 Å². The number of benzene rings is 2. The maximum Gasteiger partial charge on any atom is 0.416 e. The third-order valence-corrected chi connectivity index (χ3v) is 6.26. The number of carboxylic acid groups (broad SMARTS) is 1. The molecule has 0 bridgehead atoms. The Kier molecular flexibility index (Phi) is 6.91. The van der Waals surface area contributed by atoms with Crippen LogP contribution in [0.25, 0.3) is 0 Å². The molecule has 2 heterocycles. The van der Waals surface area contributed by atoms with Crippen LogP contribution in [0, 0.1) is 0 Å². The average molecular weight is 532 g/mol. The lowest BCUT2D eigenvalue weighted by Crippen LogP contribution is -2.46. The van der Waals surface area contributed by atoms with E-state index >= 15 is 0 Å². The van der Waals surface area contributed by atoms with Gasteiger partial charge in [0.25, 0.3) is 0 Å². The summed E-state index contributed by atoms with van der Waals surface area (Å²) in [6.45, 7) is 1.63. The molecule has 0 aliphatic carbocycles. The highest BCUT2D eigenvalue weighted by atomic mass is 19.4. The Morgan fingerprint density at radius 2 is 1.73 bits per heavy atom. The zero-order valence-electron chi connectivity index (χ0n) is 19.4. The number of alkyl halides is 6. The first-order valence-electron chi connectivity index (χ1n) is 11.3. The number of halogens is 6. The second-order valence-corrected chi connectivity index (χ2v) is 8.85. The van der Waals surface area contributed by atoms with Gasteiger partial charge in [-0.05, 0) is 54.8 Å². The number of fused-ring (bicyclic) bond motifs is 2. The molecule has 2 aromatic rings. The van der Waals surface area contributed by atoms with Crippen LogP contribution in [0.3, 0.4) is 0 Å². The molecule has 13 heteroatoms. The minimum Gasteiger partial charge on any atom is -0.493 e. The zero-order valence-corrected chi connectivity index (χ0v) is 19.4. The molecule has 2 aromatic carbocycles. The molecule has 2 atom stereocenters. The van der Waals surface area contributed by atoms with Crippen LogP contribution in [0.5, 0.6) is 5.75 Å². The number of carbonyl (C=O) groups excluding carboxylic acids is 1. The van der Waals surface area contributed by atoms with Crippen molar-refractivity contribution in [3.8, 4) is 5.75 Å². The average Bonchev–Trinajstić information content (AvgIpc) is 3.24. The van der Waals surface area contributed by atoms with E-state index in [-0.39, 0.29) is 24.5 Å². The fourth-order valence-corrected chi connectivity index (χ4v) is 4.56. The van der Waals surface area contributed by atoms with Gasteiger partial charge in [-0.1, -0.05) is 0 Å². The Hall–Kier alpha value is -3.64. The second kappa shape index (κ2) is 9.67. The predicted molar refractivity (Wildman–Crippen MR) is 118 cm³/mol. The number of nitrogens with zero attached hydrogens (tertiary/aromatic N) is 1. The van der Waals surface area contributed by atoms with E-state index in [4.69, 9.17) is 9.47 Å². The number of rotatable bonds is 4. The topological polar surface area (TPSA) is 88.1 Å². The molecule has 0 radical (unpaired) electrons. The summed E-state index contributed by atoms with van der Waals surface area (Å²) in [6.07, 6.45) is -11.6. The van der Waals surface area contributed by atoms with Crippen LogP contribution in [0.4, 0.5) is 41.6 Å². The molecule has 2 aliphatic rings. The van der Waals surface area contributed by atoms with Crippen LogP contribution in [0.15, 0.2) is 30.3 Å². The van der Waals surface area contributed by atoms with E-state index in [0.29, 0.717) is 42.2 Å². The van der Waals surface area contributed by atoms with Crippen molar-refractivity contribution >= 4 is 17.9 Å². The van der Waals surface area contributed by atoms with E-state index in [0.717, 1.165) is 5.56 Å². The normalized spacial score (nSPS) is 19.1. The van der Waals surface area contributed by atoms with Gasteiger partial charge in [-0.15, -0.1) is 0 Å². The van der Waals surface area contributed by atoms with Crippen LogP contribution >= 0.6 is 0 Å². The molecule has 0 saturated carbocycles. The molecule has 0 spiro atoms. The van der Waals surface area contributed by atoms with Crippen molar-refractivity contribution in [1.29, 1.82) is 0 Å². The number of carbonyl (C=O) groups is 2. The molecule has 0 fully saturated rings. The largest absolute Gasteiger partial charge is 0.493 e. The monoisotopic (exact) mass is 532 g/mol. The van der Waals surface area contributed by atoms with E-state index in [1.807, 2.05) is 0 Å². The predicted octanol–water partition coefficient (Wildman–Crippen LogP) is 5.95. The quantitative estimate of drug-likeness (QED) is 0.476. The van der Waals surface area contributed by atoms with Gasteiger partial charge in [0, 0.05) is 24.4 Å². The molecule has 7 nitrogen and oxygen atoms in total. The van der Waals surface area contributed by atoms with Crippen LogP contribution in [0.1, 0.15) is 47.2 Å². The van der Waals surface area contributed by atoms with E-state index < -0.39 is 54.4 Å². The summed E-state index contributed by atoms with van der Waals surface area (Å²) in [5.74, 6) is 0.573. The number of ether oxygens (including phenoxy) is 2. The van der Waals surface area contributed by atoms with E-state index in [1.54, 1.807) is 19.1 Å². The van der Waals surface area contributed by atoms with Gasteiger partial charge in [-0.2, -0.15) is 26.3 Å². The van der Waals surface area contributed by atoms with Crippen LogP contribution in [-0.4, -0.2) is 36.5 Å². The minimum atomic E-state index is -4.98. The van der Waals surface area contributed by atoms with Gasteiger partial charge in [0.1, 0.15) is 5.75 Å². The van der Waals surface area contributed by atoms with E-state index in [9.17, 15) is 41.0 Å². The molecule has 2 N–H and O–H groups in total. The summed E-state index contributed by atoms with van der Waals surface area (Å²) in [5.41, 5.74) is -1.48. The summed E-state index contributed by atoms with van der Waals surface area (Å²) in [6, 6.07) is 3.39. The molecule has 2 amide bonds. The molecular formula is C24H22F6N2O5. The summed E-state index contributed by atoms with van der Waals surface area (Å²) in [5, 5.41) is 12.3. The van der Waals surface area contributed by atoms with Gasteiger partial charge < -0.3 is 19.9 Å². The lowest BCUT2D eigenvalue weighted by Gasteiger charge is -2.38. The third-order valence-electron chi connectivity index (χ3n) is 6.26. The first-order valence-corrected chi connectivity index (χ1v) is 11.3. The number of nitrogens with one attached hydrogen (secondary N) is 1. The molecule has 200 valence electrons. The van der Waals surface area contributed by atoms with E-state index in [1.165, 1.54) is 4.90 Å². The van der Waals surface area contributed by atoms with Gasteiger partial charge in [-0.3, -0.25) is 4.90 Å². The summed E-state index contributed by atoms with van der Waals surface area (Å²) in [4.78, 5) is 25.5. The highest BCUT2D eigenvalue weighted by Crippen LogP contribution is 2.42. The standard InChI is InChI=1S/C24H22F6N2O5/c1-12-6-18(17-11-20-14(3-5-36-20)9-19(17)32(12)22(34)35)31-21(33)37-4-2-13-7-15(23(25,26)27)10-16(8-13)24(28,29)30/h7-12,18H,2-6H2,1H3,(H,31,33)(H,34,35)/t12-,18+/m1/s1. The van der Waals surface area contributed by atoms with E-state index in [2.05, 4.69) is 5.32 Å². The fraction of sp³-hybridized carbons (Fsp3) is 0.417. The maximum atomic E-state index is 13.0. The fourth-order valence-electron chi connectivity index (χ4n) is 4.56. The van der Waals surface area contributed by atoms with Crippen molar-refractivity contribution in [2.24, 2.45) is 0 Å². The first-order chi connectivity index (χ1) is 17.2. The Balaban J connectivity index is 1.46. The third kappa shape index (κ3) is 5.70. The Morgan fingerprint density at radius 1 is 1.08 bits per heavy atom. The van der Waals surface area contributed by atoms with Gasteiger partial charge in [-0.25, -0.2) is 9.59 Å². The number of hydrogen-bond donors (Lipinski definition) is 2. The molecular weight excluding hydrogens is 510 g/mol. The second-order valence-electron chi connectivity index (χ2n) is 8.85. The first kappa shape index (κ1) is 26.4. The molecule has 2 aliphatic heterocycles. The highest BCUT2D eigenvalue weighted by molar-refractivity contribution is 5.89. The van der Waals surface area contributed by atoms with Crippen molar-refractivity contribution in [2.45, 2.75) is 50.6 Å². The lowest BCUT2D eigenvalue weighted by molar-refractivity contribution is -0.143. The number of hydrogen-bond acceptors (Lipinski definition) is 4. The number of amides is 2. The van der Waals surface area contributed by atoms with Crippen molar-refractivity contribution in [2.75, 3.05) is 18.1 Å². The molecule has 0 aromatic heterocycles. The van der Waals surface area contributed by atoms with Crippen molar-refractivity contribution in [3.63, 3.8) is 0 Å². The smallest absolute Gasteiger partial charge is 0.416 e. The molecule has 0 saturated heterocycles. The van der Waals surface area contributed by atoms with Crippen LogP contribution in [0.2, 0.25) is 0 Å². The maximum absolute atomic E-state index is 13.0. The summed E-state index contributed by atoms with van der Waals surface area (Å²) >= 11 is 0.